The van der Waals surface area contributed by atoms with Gasteiger partial charge in [0.1, 0.15) is 12.6 Å². The molecule has 0 aliphatic heterocycles. The normalized spacial score (nSPS) is 13.9. The minimum absolute atomic E-state index is 0.727. The minimum Gasteiger partial charge on any atom is -0.303 e. The van der Waals surface area contributed by atoms with Crippen molar-refractivity contribution >= 4 is 24.5 Å². The van der Waals surface area contributed by atoms with Gasteiger partial charge in [-0.05, 0) is 70.5 Å². The van der Waals surface area contributed by atoms with E-state index in [9.17, 15) is 9.59 Å². The van der Waals surface area contributed by atoms with E-state index in [0.717, 1.165) is 50.7 Å². The summed E-state index contributed by atoms with van der Waals surface area (Å²) < 4.78 is 3.54. The van der Waals surface area contributed by atoms with Crippen molar-refractivity contribution in [2.75, 3.05) is 31.9 Å². The maximum Gasteiger partial charge on any atom is 0.119 e. The second-order valence-electron chi connectivity index (χ2n) is 8.29. The van der Waals surface area contributed by atoms with Gasteiger partial charge in [-0.1, -0.05) is 50.5 Å². The molecule has 0 aromatic carbocycles. The highest BCUT2D eigenvalue weighted by molar-refractivity contribution is 7.97. The molecule has 28 heavy (non-hydrogen) atoms. The molecule has 1 rings (SSSR count). The monoisotopic (exact) mass is 412 g/mol. The number of hydrogen-bond donors (Lipinski definition) is 1. The van der Waals surface area contributed by atoms with Crippen LogP contribution < -0.4 is 4.72 Å². The molecule has 0 unspecified atom stereocenters. The molecular formula is C23H44N2O2S. The Morgan fingerprint density at radius 2 is 1.21 bits per heavy atom. The topological polar surface area (TPSA) is 49.4 Å². The first kappa shape index (κ1) is 25.6. The average Bonchev–Trinajstić information content (AvgIpc) is 3.53. The smallest absolute Gasteiger partial charge is 0.119 e. The van der Waals surface area contributed by atoms with Gasteiger partial charge in [0.05, 0.1) is 0 Å². The van der Waals surface area contributed by atoms with Crippen LogP contribution in [0.25, 0.3) is 0 Å². The van der Waals surface area contributed by atoms with Crippen LogP contribution in [0.1, 0.15) is 96.3 Å². The first-order valence-electron chi connectivity index (χ1n) is 11.8. The lowest BCUT2D eigenvalue weighted by molar-refractivity contribution is -0.108. The highest BCUT2D eigenvalue weighted by atomic mass is 32.2. The largest absolute Gasteiger partial charge is 0.303 e. The van der Waals surface area contributed by atoms with Crippen molar-refractivity contribution in [3.8, 4) is 0 Å². The van der Waals surface area contributed by atoms with Gasteiger partial charge < -0.3 is 14.5 Å². The number of aldehydes is 2. The van der Waals surface area contributed by atoms with Gasteiger partial charge in [0.25, 0.3) is 0 Å². The van der Waals surface area contributed by atoms with Gasteiger partial charge in [0.15, 0.2) is 0 Å². The van der Waals surface area contributed by atoms with Gasteiger partial charge in [-0.2, -0.15) is 0 Å². The predicted molar refractivity (Wildman–Crippen MR) is 122 cm³/mol. The fourth-order valence-electron chi connectivity index (χ4n) is 3.43. The molecule has 0 aromatic rings. The molecule has 0 saturated heterocycles. The number of carbonyl (C=O) groups is 2. The second-order valence-corrected chi connectivity index (χ2v) is 9.20. The van der Waals surface area contributed by atoms with Gasteiger partial charge in [-0.25, -0.2) is 0 Å². The highest BCUT2D eigenvalue weighted by Gasteiger charge is 2.20. The SMILES string of the molecule is O=CCCCCCCCN(CCCCCCCC=O)CCCNSCC1CC1. The molecule has 164 valence electrons. The molecule has 1 saturated carbocycles. The molecular weight excluding hydrogens is 368 g/mol. The van der Waals surface area contributed by atoms with Crippen molar-refractivity contribution in [3.63, 3.8) is 0 Å². The van der Waals surface area contributed by atoms with E-state index in [1.54, 1.807) is 0 Å². The first-order chi connectivity index (χ1) is 13.9. The zero-order chi connectivity index (χ0) is 20.1. The molecule has 0 bridgehead atoms. The molecule has 1 N–H and O–H groups in total. The number of rotatable bonds is 23. The van der Waals surface area contributed by atoms with Gasteiger partial charge in [-0.15, -0.1) is 0 Å². The lowest BCUT2D eigenvalue weighted by Crippen LogP contribution is -2.29. The molecule has 1 aliphatic carbocycles. The van der Waals surface area contributed by atoms with Crippen LogP contribution in [0.15, 0.2) is 0 Å². The van der Waals surface area contributed by atoms with Crippen molar-refractivity contribution in [2.45, 2.75) is 96.3 Å². The number of hydrogen-bond acceptors (Lipinski definition) is 5. The van der Waals surface area contributed by atoms with Crippen molar-refractivity contribution in [2.24, 2.45) is 5.92 Å². The van der Waals surface area contributed by atoms with Crippen LogP contribution in [0, 0.1) is 5.92 Å². The molecule has 4 nitrogen and oxygen atoms in total. The third kappa shape index (κ3) is 17.7. The van der Waals surface area contributed by atoms with E-state index >= 15 is 0 Å². The van der Waals surface area contributed by atoms with E-state index in [2.05, 4.69) is 9.62 Å². The zero-order valence-corrected chi connectivity index (χ0v) is 18.9. The molecule has 0 amide bonds. The molecule has 5 heteroatoms. The Morgan fingerprint density at radius 3 is 1.75 bits per heavy atom. The first-order valence-corrected chi connectivity index (χ1v) is 12.8. The van der Waals surface area contributed by atoms with Crippen LogP contribution >= 0.6 is 11.9 Å². The van der Waals surface area contributed by atoms with E-state index in [1.165, 1.54) is 96.0 Å². The lowest BCUT2D eigenvalue weighted by atomic mass is 10.1. The molecule has 1 fully saturated rings. The van der Waals surface area contributed by atoms with Crippen molar-refractivity contribution in [3.05, 3.63) is 0 Å². The third-order valence-electron chi connectivity index (χ3n) is 5.46. The molecule has 0 heterocycles. The van der Waals surface area contributed by atoms with E-state index in [-0.39, 0.29) is 0 Å². The van der Waals surface area contributed by atoms with E-state index in [4.69, 9.17) is 0 Å². The Labute approximate surface area is 178 Å². The third-order valence-corrected chi connectivity index (χ3v) is 6.51. The number of carbonyl (C=O) groups excluding carboxylic acids is 2. The summed E-state index contributed by atoms with van der Waals surface area (Å²) >= 11 is 1.92. The van der Waals surface area contributed by atoms with Crippen molar-refractivity contribution in [1.29, 1.82) is 0 Å². The molecule has 1 aliphatic rings. The van der Waals surface area contributed by atoms with Gasteiger partial charge in [0.2, 0.25) is 0 Å². The maximum absolute atomic E-state index is 10.4. The fraction of sp³-hybridized carbons (Fsp3) is 0.913. The number of unbranched alkanes of at least 4 members (excludes halogenated alkanes) is 10. The maximum atomic E-state index is 10.4. The van der Waals surface area contributed by atoms with Crippen LogP contribution in [0.2, 0.25) is 0 Å². The predicted octanol–water partition coefficient (Wildman–Crippen LogP) is 5.41. The number of nitrogens with zero attached hydrogens (tertiary/aromatic N) is 1. The summed E-state index contributed by atoms with van der Waals surface area (Å²) in [5.41, 5.74) is 0. The summed E-state index contributed by atoms with van der Waals surface area (Å²) in [7, 11) is 0. The van der Waals surface area contributed by atoms with E-state index in [1.807, 2.05) is 11.9 Å². The van der Waals surface area contributed by atoms with Crippen LogP contribution in [0.4, 0.5) is 0 Å². The van der Waals surface area contributed by atoms with Crippen LogP contribution in [0.5, 0.6) is 0 Å². The molecule has 0 aromatic heterocycles. The van der Waals surface area contributed by atoms with Gasteiger partial charge in [-0.3, -0.25) is 4.72 Å². The zero-order valence-electron chi connectivity index (χ0n) is 18.0. The summed E-state index contributed by atoms with van der Waals surface area (Å²) in [5, 5.41) is 0. The van der Waals surface area contributed by atoms with Crippen LogP contribution in [-0.4, -0.2) is 49.4 Å². The Hall–Kier alpha value is -0.390. The van der Waals surface area contributed by atoms with Gasteiger partial charge >= 0.3 is 0 Å². The average molecular weight is 413 g/mol. The van der Waals surface area contributed by atoms with Crippen LogP contribution in [-0.2, 0) is 9.59 Å². The molecule has 0 radical (unpaired) electrons. The highest BCUT2D eigenvalue weighted by Crippen LogP contribution is 2.31. The quantitative estimate of drug-likeness (QED) is 0.138. The minimum atomic E-state index is 0.727. The van der Waals surface area contributed by atoms with Crippen molar-refractivity contribution in [1.82, 2.24) is 9.62 Å². The number of nitrogens with one attached hydrogen (secondary N) is 1. The Kier molecular flexibility index (Phi) is 18.2. The summed E-state index contributed by atoms with van der Waals surface area (Å²) in [5.74, 6) is 2.28. The van der Waals surface area contributed by atoms with Crippen LogP contribution in [0.3, 0.4) is 0 Å². The summed E-state index contributed by atoms with van der Waals surface area (Å²) in [4.78, 5) is 23.4. The Bertz CT molecular complexity index is 343. The Balaban J connectivity index is 2.05. The second kappa shape index (κ2) is 19.9. The fourth-order valence-corrected chi connectivity index (χ4v) is 4.41. The lowest BCUT2D eigenvalue weighted by Gasteiger charge is -2.22. The summed E-state index contributed by atoms with van der Waals surface area (Å²) in [6.07, 6.45) is 19.8. The Morgan fingerprint density at radius 1 is 0.714 bits per heavy atom. The van der Waals surface area contributed by atoms with E-state index < -0.39 is 0 Å². The molecule has 0 atom stereocenters. The standard InChI is InChI=1S/C23H44N2O2S/c26-20-11-7-3-1-5-9-17-25(18-10-6-2-4-8-12-21-27)19-13-16-24-28-22-23-14-15-23/h20-21,23-24H,1-19,22H2. The summed E-state index contributed by atoms with van der Waals surface area (Å²) in [6, 6.07) is 0. The van der Waals surface area contributed by atoms with Crippen molar-refractivity contribution < 1.29 is 9.59 Å². The van der Waals surface area contributed by atoms with Gasteiger partial charge in [0, 0.05) is 25.1 Å². The summed E-state index contributed by atoms with van der Waals surface area (Å²) in [6.45, 7) is 4.75. The van der Waals surface area contributed by atoms with E-state index in [0.29, 0.717) is 0 Å². The molecule has 0 spiro atoms.